The molecule has 1 aromatic rings. The second kappa shape index (κ2) is 6.83. The van der Waals surface area contributed by atoms with Gasteiger partial charge >= 0.3 is 6.03 Å². The van der Waals surface area contributed by atoms with Crippen LogP contribution >= 0.6 is 12.8 Å². The van der Waals surface area contributed by atoms with Crippen LogP contribution in [-0.2, 0) is 0 Å². The topological polar surface area (TPSA) is 52.6 Å². The van der Waals surface area contributed by atoms with Crippen molar-refractivity contribution in [1.29, 1.82) is 0 Å². The maximum atomic E-state index is 13.2. The van der Waals surface area contributed by atoms with E-state index in [-0.39, 0.29) is 11.7 Å². The van der Waals surface area contributed by atoms with Crippen molar-refractivity contribution < 1.29 is 14.3 Å². The van der Waals surface area contributed by atoms with Crippen LogP contribution in [0.2, 0.25) is 0 Å². The molecule has 1 aliphatic carbocycles. The van der Waals surface area contributed by atoms with Crippen LogP contribution in [0.15, 0.2) is 18.2 Å². The Morgan fingerprint density at radius 1 is 1.40 bits per heavy atom. The van der Waals surface area contributed by atoms with Crippen LogP contribution in [0.3, 0.4) is 0 Å². The fourth-order valence-corrected chi connectivity index (χ4v) is 2.64. The van der Waals surface area contributed by atoms with E-state index in [2.05, 4.69) is 18.1 Å². The highest BCUT2D eigenvalue weighted by molar-refractivity contribution is 7.82. The molecule has 6 heteroatoms. The SMILES string of the molecule is O=C(NCC1CCCCC1)N(S)c1ccc(O)c(F)c1. The van der Waals surface area contributed by atoms with E-state index in [1.807, 2.05) is 0 Å². The standard InChI is InChI=1S/C14H19FN2O2S/c15-12-8-11(6-7-13(12)18)17(20)14(19)16-9-10-4-2-1-3-5-10/h6-8,10,18,20H,1-5,9H2,(H,16,19). The van der Waals surface area contributed by atoms with Gasteiger partial charge in [-0.05, 0) is 30.9 Å². The summed E-state index contributed by atoms with van der Waals surface area (Å²) in [4.78, 5) is 11.9. The summed E-state index contributed by atoms with van der Waals surface area (Å²) < 4.78 is 14.3. The van der Waals surface area contributed by atoms with Gasteiger partial charge in [0.1, 0.15) is 0 Å². The highest BCUT2D eigenvalue weighted by Gasteiger charge is 2.17. The highest BCUT2D eigenvalue weighted by atomic mass is 32.1. The third-order valence-electron chi connectivity index (χ3n) is 3.63. The summed E-state index contributed by atoms with van der Waals surface area (Å²) in [6, 6.07) is 3.32. The molecule has 0 unspecified atom stereocenters. The van der Waals surface area contributed by atoms with Crippen molar-refractivity contribution in [2.45, 2.75) is 32.1 Å². The Bertz CT molecular complexity index is 478. The van der Waals surface area contributed by atoms with Crippen molar-refractivity contribution in [2.75, 3.05) is 10.8 Å². The number of rotatable bonds is 3. The number of phenols is 1. The summed E-state index contributed by atoms with van der Waals surface area (Å²) in [5.74, 6) is -0.703. The van der Waals surface area contributed by atoms with E-state index in [0.29, 0.717) is 12.5 Å². The van der Waals surface area contributed by atoms with E-state index < -0.39 is 11.6 Å². The van der Waals surface area contributed by atoms with Gasteiger partial charge in [0.05, 0.1) is 5.69 Å². The highest BCUT2D eigenvalue weighted by Crippen LogP contribution is 2.25. The monoisotopic (exact) mass is 298 g/mol. The zero-order valence-electron chi connectivity index (χ0n) is 11.2. The molecule has 0 atom stereocenters. The number of halogens is 1. The second-order valence-corrected chi connectivity index (χ2v) is 5.54. The molecule has 0 heterocycles. The first-order valence-corrected chi connectivity index (χ1v) is 7.23. The number of nitrogens with one attached hydrogen (secondary N) is 1. The Kier molecular flexibility index (Phi) is 5.11. The molecule has 4 nitrogen and oxygen atoms in total. The zero-order chi connectivity index (χ0) is 14.5. The van der Waals surface area contributed by atoms with Gasteiger partial charge in [-0.3, -0.25) is 0 Å². The number of hydrogen-bond donors (Lipinski definition) is 3. The molecule has 1 fully saturated rings. The Hall–Kier alpha value is -1.43. The van der Waals surface area contributed by atoms with Crippen molar-refractivity contribution in [3.63, 3.8) is 0 Å². The molecule has 0 spiro atoms. The molecule has 1 aliphatic rings. The van der Waals surface area contributed by atoms with E-state index in [1.54, 1.807) is 0 Å². The Morgan fingerprint density at radius 2 is 2.10 bits per heavy atom. The van der Waals surface area contributed by atoms with Crippen molar-refractivity contribution >= 4 is 24.5 Å². The van der Waals surface area contributed by atoms with Crippen LogP contribution < -0.4 is 9.62 Å². The molecule has 0 bridgehead atoms. The molecule has 2 N–H and O–H groups in total. The van der Waals surface area contributed by atoms with Gasteiger partial charge < -0.3 is 10.4 Å². The molecule has 110 valence electrons. The zero-order valence-corrected chi connectivity index (χ0v) is 12.1. The van der Waals surface area contributed by atoms with Gasteiger partial charge in [-0.1, -0.05) is 32.1 Å². The molecule has 0 aliphatic heterocycles. The lowest BCUT2D eigenvalue weighted by Gasteiger charge is -2.23. The molecular formula is C14H19FN2O2S. The fourth-order valence-electron chi connectivity index (χ4n) is 2.44. The first-order chi connectivity index (χ1) is 9.58. The van der Waals surface area contributed by atoms with Crippen LogP contribution in [-0.4, -0.2) is 17.7 Å². The molecule has 2 amide bonds. The number of phenolic OH excluding ortho intramolecular Hbond substituents is 1. The number of amides is 2. The summed E-state index contributed by atoms with van der Waals surface area (Å²) >= 11 is 4.07. The summed E-state index contributed by atoms with van der Waals surface area (Å²) in [6.45, 7) is 0.621. The lowest BCUT2D eigenvalue weighted by molar-refractivity contribution is 0.245. The smallest absolute Gasteiger partial charge is 0.331 e. The summed E-state index contributed by atoms with van der Waals surface area (Å²) in [5.41, 5.74) is 0.282. The van der Waals surface area contributed by atoms with E-state index in [4.69, 9.17) is 5.11 Å². The number of hydrogen-bond acceptors (Lipinski definition) is 3. The van der Waals surface area contributed by atoms with Crippen LogP contribution in [0.1, 0.15) is 32.1 Å². The number of carbonyl (C=O) groups excluding carboxylic acids is 1. The van der Waals surface area contributed by atoms with Crippen molar-refractivity contribution in [3.8, 4) is 5.75 Å². The van der Waals surface area contributed by atoms with Gasteiger partial charge in [0, 0.05) is 12.6 Å². The molecule has 1 aromatic carbocycles. The third kappa shape index (κ3) is 3.79. The average molecular weight is 298 g/mol. The fraction of sp³-hybridized carbons (Fsp3) is 0.500. The Morgan fingerprint density at radius 3 is 2.75 bits per heavy atom. The summed E-state index contributed by atoms with van der Waals surface area (Å²) in [6.07, 6.45) is 5.99. The number of aromatic hydroxyl groups is 1. The van der Waals surface area contributed by atoms with Crippen molar-refractivity contribution in [2.24, 2.45) is 5.92 Å². The average Bonchev–Trinajstić information content (AvgIpc) is 2.48. The minimum Gasteiger partial charge on any atom is -0.505 e. The lowest BCUT2D eigenvalue weighted by atomic mass is 9.89. The van der Waals surface area contributed by atoms with Crippen LogP contribution in [0.4, 0.5) is 14.9 Å². The second-order valence-electron chi connectivity index (χ2n) is 5.14. The number of urea groups is 1. The predicted molar refractivity (Wildman–Crippen MR) is 79.5 cm³/mol. The lowest BCUT2D eigenvalue weighted by Crippen LogP contribution is -2.37. The molecular weight excluding hydrogens is 279 g/mol. The minimum absolute atomic E-state index is 0.282. The quantitative estimate of drug-likeness (QED) is 0.748. The maximum Gasteiger partial charge on any atom is 0.331 e. The van der Waals surface area contributed by atoms with Crippen molar-refractivity contribution in [1.82, 2.24) is 5.32 Å². The Balaban J connectivity index is 1.89. The molecule has 2 rings (SSSR count). The summed E-state index contributed by atoms with van der Waals surface area (Å²) in [7, 11) is 0. The van der Waals surface area contributed by atoms with Gasteiger partial charge in [-0.25, -0.2) is 13.5 Å². The van der Waals surface area contributed by atoms with Crippen molar-refractivity contribution in [3.05, 3.63) is 24.0 Å². The minimum atomic E-state index is -0.776. The van der Waals surface area contributed by atoms with Gasteiger partial charge in [0.25, 0.3) is 0 Å². The number of carbonyl (C=O) groups is 1. The molecule has 0 radical (unpaired) electrons. The maximum absolute atomic E-state index is 13.2. The van der Waals surface area contributed by atoms with Gasteiger partial charge in [0.15, 0.2) is 11.6 Å². The van der Waals surface area contributed by atoms with E-state index in [9.17, 15) is 9.18 Å². The normalized spacial score (nSPS) is 15.9. The number of anilines is 1. The van der Waals surface area contributed by atoms with Crippen LogP contribution in [0.25, 0.3) is 0 Å². The first kappa shape index (κ1) is 15.0. The molecule has 0 aromatic heterocycles. The van der Waals surface area contributed by atoms with E-state index in [0.717, 1.165) is 23.2 Å². The Labute approximate surface area is 123 Å². The van der Waals surface area contributed by atoms with E-state index >= 15 is 0 Å². The van der Waals surface area contributed by atoms with Gasteiger partial charge in [-0.15, -0.1) is 0 Å². The molecule has 1 saturated carbocycles. The van der Waals surface area contributed by atoms with E-state index in [1.165, 1.54) is 31.4 Å². The molecule has 0 saturated heterocycles. The molecule has 20 heavy (non-hydrogen) atoms. The van der Waals surface area contributed by atoms with Gasteiger partial charge in [0.2, 0.25) is 0 Å². The van der Waals surface area contributed by atoms with Crippen LogP contribution in [0, 0.1) is 11.7 Å². The number of nitrogens with zero attached hydrogens (tertiary/aromatic N) is 1. The van der Waals surface area contributed by atoms with Gasteiger partial charge in [-0.2, -0.15) is 0 Å². The number of benzene rings is 1. The first-order valence-electron chi connectivity index (χ1n) is 6.83. The third-order valence-corrected chi connectivity index (χ3v) is 4.05. The largest absolute Gasteiger partial charge is 0.505 e. The summed E-state index contributed by atoms with van der Waals surface area (Å²) in [5, 5.41) is 11.9. The number of thiol groups is 1. The van der Waals surface area contributed by atoms with Crippen LogP contribution in [0.5, 0.6) is 5.75 Å². The predicted octanol–water partition coefficient (Wildman–Crippen LogP) is 3.47.